The quantitative estimate of drug-likeness (QED) is 0.307. The second-order valence-corrected chi connectivity index (χ2v) is 16.2. The molecule has 0 aliphatic carbocycles. The number of halogens is 3. The highest BCUT2D eigenvalue weighted by molar-refractivity contribution is 6.99. The van der Waals surface area contributed by atoms with Crippen LogP contribution in [0.2, 0.25) is 5.04 Å². The van der Waals surface area contributed by atoms with E-state index in [0.29, 0.717) is 0 Å². The first kappa shape index (κ1) is 30.4. The highest BCUT2D eigenvalue weighted by Gasteiger charge is 2.56. The van der Waals surface area contributed by atoms with Gasteiger partial charge in [-0.3, -0.25) is 0 Å². The topological polar surface area (TPSA) is 62.6 Å². The zero-order chi connectivity index (χ0) is 29.1. The van der Waals surface area contributed by atoms with Crippen molar-refractivity contribution in [1.29, 1.82) is 0 Å². The van der Waals surface area contributed by atoms with Crippen LogP contribution < -0.4 is 15.1 Å². The van der Waals surface area contributed by atoms with E-state index in [0.717, 1.165) is 22.0 Å². The lowest BCUT2D eigenvalue weighted by Gasteiger charge is -2.45. The maximum atomic E-state index is 14.6. The number of benzene rings is 2. The number of carbonyl (C=O) groups excluding carboxylic acids is 1. The summed E-state index contributed by atoms with van der Waals surface area (Å²) in [6.07, 6.45) is -4.12. The molecule has 6 nitrogen and oxygen atoms in total. The van der Waals surface area contributed by atoms with Crippen molar-refractivity contribution < 1.29 is 31.9 Å². The molecule has 0 fully saturated rings. The van der Waals surface area contributed by atoms with E-state index in [1.807, 2.05) is 81.4 Å². The molecule has 0 radical (unpaired) electrons. The fourth-order valence-electron chi connectivity index (χ4n) is 4.26. The Morgan fingerprint density at radius 1 is 0.821 bits per heavy atom. The van der Waals surface area contributed by atoms with E-state index in [1.165, 1.54) is 12.3 Å². The van der Waals surface area contributed by atoms with E-state index in [1.54, 1.807) is 20.8 Å². The van der Waals surface area contributed by atoms with Gasteiger partial charge in [0.2, 0.25) is 5.88 Å². The van der Waals surface area contributed by atoms with Crippen molar-refractivity contribution in [2.24, 2.45) is 5.41 Å². The van der Waals surface area contributed by atoms with Gasteiger partial charge in [0, 0.05) is 12.3 Å². The average Bonchev–Trinajstić information content (AvgIpc) is 3.31. The lowest BCUT2D eigenvalue weighted by atomic mass is 9.92. The largest absolute Gasteiger partial charge is 0.476 e. The van der Waals surface area contributed by atoms with Crippen LogP contribution in [0.15, 0.2) is 72.9 Å². The lowest BCUT2D eigenvalue weighted by Crippen LogP contribution is -2.67. The molecule has 0 spiro atoms. The smallest absolute Gasteiger partial charge is 0.435 e. The first-order valence-corrected chi connectivity index (χ1v) is 14.6. The Balaban J connectivity index is 1.92. The first-order valence-electron chi connectivity index (χ1n) is 12.7. The molecule has 0 N–H and O–H groups in total. The van der Waals surface area contributed by atoms with Gasteiger partial charge in [-0.2, -0.15) is 17.9 Å². The summed E-state index contributed by atoms with van der Waals surface area (Å²) in [7, 11) is -3.22. The molecular formula is C29H37F3N2O4Si. The Hall–Kier alpha value is -3.11. The molecule has 212 valence electrons. The molecule has 0 saturated heterocycles. The van der Waals surface area contributed by atoms with Crippen molar-refractivity contribution in [2.75, 3.05) is 13.2 Å². The molecule has 3 rings (SSSR count). The summed E-state index contributed by atoms with van der Waals surface area (Å²) in [5.74, 6) is -0.123. The number of aromatic nitrogens is 2. The Bertz CT molecular complexity index is 1200. The third-order valence-corrected chi connectivity index (χ3v) is 11.4. The van der Waals surface area contributed by atoms with Gasteiger partial charge >= 0.3 is 12.3 Å². The molecule has 2 aromatic carbocycles. The van der Waals surface area contributed by atoms with Gasteiger partial charge in [-0.1, -0.05) is 81.4 Å². The van der Waals surface area contributed by atoms with E-state index in [2.05, 4.69) is 5.10 Å². The Morgan fingerprint density at radius 2 is 1.33 bits per heavy atom. The maximum absolute atomic E-state index is 14.6. The molecule has 0 aliphatic rings. The number of hydrogen-bond donors (Lipinski definition) is 0. The summed E-state index contributed by atoms with van der Waals surface area (Å²) in [4.78, 5) is 12.2. The van der Waals surface area contributed by atoms with Crippen LogP contribution >= 0.6 is 0 Å². The summed E-state index contributed by atoms with van der Waals surface area (Å²) in [5.41, 5.74) is -3.12. The third-order valence-electron chi connectivity index (χ3n) is 6.39. The second-order valence-electron chi connectivity index (χ2n) is 11.9. The molecule has 0 saturated carbocycles. The van der Waals surface area contributed by atoms with Gasteiger partial charge < -0.3 is 13.9 Å². The minimum Gasteiger partial charge on any atom is -0.476 e. The highest BCUT2D eigenvalue weighted by Crippen LogP contribution is 2.42. The van der Waals surface area contributed by atoms with Gasteiger partial charge in [-0.15, -0.1) is 5.10 Å². The predicted molar refractivity (Wildman–Crippen MR) is 147 cm³/mol. The fourth-order valence-corrected chi connectivity index (χ4v) is 8.95. The second kappa shape index (κ2) is 11.2. The van der Waals surface area contributed by atoms with E-state index in [-0.39, 0.29) is 5.88 Å². The van der Waals surface area contributed by atoms with Crippen LogP contribution in [0.25, 0.3) is 0 Å². The molecule has 0 amide bonds. The van der Waals surface area contributed by atoms with Gasteiger partial charge in [0.05, 0.1) is 6.61 Å². The van der Waals surface area contributed by atoms with Crippen LogP contribution in [0.5, 0.6) is 5.88 Å². The van der Waals surface area contributed by atoms with Crippen LogP contribution in [0.1, 0.15) is 48.5 Å². The third kappa shape index (κ3) is 6.91. The van der Waals surface area contributed by atoms with Crippen molar-refractivity contribution in [3.8, 4) is 5.88 Å². The van der Waals surface area contributed by atoms with E-state index >= 15 is 0 Å². The molecule has 1 aromatic heterocycles. The molecule has 0 bridgehead atoms. The number of alkyl halides is 3. The van der Waals surface area contributed by atoms with Crippen molar-refractivity contribution in [1.82, 2.24) is 9.78 Å². The number of ether oxygens (including phenoxy) is 2. The van der Waals surface area contributed by atoms with Gasteiger partial charge in [0.25, 0.3) is 8.32 Å². The summed E-state index contributed by atoms with van der Waals surface area (Å²) < 4.78 is 61.9. The summed E-state index contributed by atoms with van der Waals surface area (Å²) in [6, 6.07) is 20.3. The average molecular weight is 563 g/mol. The molecule has 39 heavy (non-hydrogen) atoms. The van der Waals surface area contributed by atoms with Crippen molar-refractivity contribution in [3.05, 3.63) is 72.9 Å². The van der Waals surface area contributed by atoms with Crippen LogP contribution in [0, 0.1) is 5.41 Å². The Morgan fingerprint density at radius 3 is 1.77 bits per heavy atom. The molecule has 1 atom stereocenters. The summed E-state index contributed by atoms with van der Waals surface area (Å²) in [5, 5.41) is 5.21. The van der Waals surface area contributed by atoms with Crippen molar-refractivity contribution >= 4 is 24.8 Å². The van der Waals surface area contributed by atoms with Crippen LogP contribution in [0.4, 0.5) is 18.0 Å². The molecule has 10 heteroatoms. The Labute approximate surface area is 229 Å². The predicted octanol–water partition coefficient (Wildman–Crippen LogP) is 6.19. The maximum Gasteiger partial charge on any atom is 0.435 e. The molecule has 3 aromatic rings. The van der Waals surface area contributed by atoms with E-state index in [9.17, 15) is 18.0 Å². The van der Waals surface area contributed by atoms with Crippen LogP contribution in [0.3, 0.4) is 0 Å². The van der Waals surface area contributed by atoms with Crippen LogP contribution in [-0.2, 0) is 9.16 Å². The monoisotopic (exact) mass is 562 g/mol. The standard InChI is InChI=1S/C29H37F3N2O4Si/c1-26(2,3)38-25(35)34-19-18-24(33-34)36-20-28(7,29(30,31)32)21-37-39(27(4,5)6,22-14-10-8-11-15-22)23-16-12-9-13-17-23/h8-19H,20-21H2,1-7H3. The van der Waals surface area contributed by atoms with Gasteiger partial charge in [-0.25, -0.2) is 4.79 Å². The zero-order valence-corrected chi connectivity index (χ0v) is 24.5. The van der Waals surface area contributed by atoms with Gasteiger partial charge in [0.15, 0.2) is 0 Å². The minimum atomic E-state index is -4.65. The lowest BCUT2D eigenvalue weighted by molar-refractivity contribution is -0.235. The molecule has 0 aliphatic heterocycles. The normalized spacial score (nSPS) is 14.5. The highest BCUT2D eigenvalue weighted by atomic mass is 28.4. The number of hydrogen-bond acceptors (Lipinski definition) is 5. The fraction of sp³-hybridized carbons (Fsp3) is 0.448. The van der Waals surface area contributed by atoms with Gasteiger partial charge in [0.1, 0.15) is 17.6 Å². The summed E-state index contributed by atoms with van der Waals surface area (Å²) in [6.45, 7) is 10.8. The first-order chi connectivity index (χ1) is 18.0. The number of nitrogens with zero attached hydrogens (tertiary/aromatic N) is 2. The zero-order valence-electron chi connectivity index (χ0n) is 23.5. The molecular weight excluding hydrogens is 525 g/mol. The SMILES string of the molecule is CC(C)(C)OC(=O)n1ccc(OCC(C)(CO[Si](c2ccccc2)(c2ccccc2)C(C)(C)C)C(F)(F)F)n1. The van der Waals surface area contributed by atoms with Gasteiger partial charge in [-0.05, 0) is 43.1 Å². The Kier molecular flexibility index (Phi) is 8.72. The van der Waals surface area contributed by atoms with Crippen molar-refractivity contribution in [2.45, 2.75) is 65.3 Å². The number of rotatable bonds is 8. The van der Waals surface area contributed by atoms with Crippen LogP contribution in [-0.4, -0.2) is 49.2 Å². The molecule has 1 heterocycles. The molecule has 1 unspecified atom stereocenters. The minimum absolute atomic E-state index is 0.123. The van der Waals surface area contributed by atoms with E-state index < -0.39 is 49.9 Å². The van der Waals surface area contributed by atoms with E-state index in [4.69, 9.17) is 13.9 Å². The van der Waals surface area contributed by atoms with Crippen molar-refractivity contribution in [3.63, 3.8) is 0 Å². The summed E-state index contributed by atoms with van der Waals surface area (Å²) >= 11 is 0. The number of carbonyl (C=O) groups is 1.